The van der Waals surface area contributed by atoms with E-state index in [1.807, 2.05) is 36.8 Å². The molecule has 0 amide bonds. The van der Waals surface area contributed by atoms with E-state index in [0.717, 1.165) is 84.8 Å². The zero-order valence-electron chi connectivity index (χ0n) is 24.3. The van der Waals surface area contributed by atoms with Crippen LogP contribution in [-0.2, 0) is 6.42 Å². The van der Waals surface area contributed by atoms with E-state index in [2.05, 4.69) is 111 Å². The Labute approximate surface area is 258 Å². The molecule has 45 heavy (non-hydrogen) atoms. The molecular formula is C39H26N6. The summed E-state index contributed by atoms with van der Waals surface area (Å²) in [7, 11) is 0. The second-order valence-electron chi connectivity index (χ2n) is 11.7. The highest BCUT2D eigenvalue weighted by Crippen LogP contribution is 2.38. The lowest BCUT2D eigenvalue weighted by molar-refractivity contribution is 0.963. The molecule has 6 heteroatoms. The van der Waals surface area contributed by atoms with Crippen LogP contribution in [0.3, 0.4) is 0 Å². The highest BCUT2D eigenvalue weighted by atomic mass is 15.1. The molecule has 0 aliphatic heterocycles. The molecule has 10 rings (SSSR count). The molecule has 0 atom stereocenters. The van der Waals surface area contributed by atoms with Crippen LogP contribution in [-0.4, -0.2) is 28.7 Å². The molecule has 9 aromatic rings. The molecule has 1 aliphatic carbocycles. The van der Waals surface area contributed by atoms with Gasteiger partial charge in [-0.1, -0.05) is 42.5 Å². The number of allylic oxidation sites excluding steroid dienone is 1. The summed E-state index contributed by atoms with van der Waals surface area (Å²) in [6, 6.07) is 36.6. The number of aromatic nitrogens is 6. The fraction of sp³-hybridized carbons (Fsp3) is 0.0513. The van der Waals surface area contributed by atoms with E-state index in [1.165, 1.54) is 11.3 Å². The average Bonchev–Trinajstić information content (AvgIpc) is 3.74. The Morgan fingerprint density at radius 3 is 1.51 bits per heavy atom. The third-order valence-electron chi connectivity index (χ3n) is 9.22. The molecular weight excluding hydrogens is 552 g/mol. The van der Waals surface area contributed by atoms with Gasteiger partial charge in [-0.2, -0.15) is 0 Å². The quantitative estimate of drug-likeness (QED) is 0.210. The molecule has 6 aromatic heterocycles. The highest BCUT2D eigenvalue weighted by Gasteiger charge is 2.22. The van der Waals surface area contributed by atoms with Crippen LogP contribution < -0.4 is 0 Å². The van der Waals surface area contributed by atoms with Crippen molar-refractivity contribution in [2.24, 2.45) is 0 Å². The SMILES string of the molecule is C1=Cc2c(c3ncccc3n2-c2cc(-n3c4ccccc4c4ncccc43)cc(-n3c4ccccc4c4ncccc43)c2)CC1. The summed E-state index contributed by atoms with van der Waals surface area (Å²) in [6.07, 6.45) is 12.2. The van der Waals surface area contributed by atoms with E-state index < -0.39 is 0 Å². The predicted octanol–water partition coefficient (Wildman–Crippen LogP) is 8.97. The van der Waals surface area contributed by atoms with Gasteiger partial charge in [0.05, 0.1) is 66.9 Å². The predicted molar refractivity (Wildman–Crippen MR) is 183 cm³/mol. The van der Waals surface area contributed by atoms with Crippen LogP contribution in [0.25, 0.3) is 78.0 Å². The Morgan fingerprint density at radius 2 is 0.933 bits per heavy atom. The Balaban J connectivity index is 1.37. The number of hydrogen-bond donors (Lipinski definition) is 0. The van der Waals surface area contributed by atoms with Crippen LogP contribution in [0.4, 0.5) is 0 Å². The number of rotatable bonds is 3. The summed E-state index contributed by atoms with van der Waals surface area (Å²) in [4.78, 5) is 14.5. The van der Waals surface area contributed by atoms with Gasteiger partial charge in [-0.15, -0.1) is 0 Å². The van der Waals surface area contributed by atoms with Crippen molar-refractivity contribution in [1.82, 2.24) is 28.7 Å². The molecule has 0 radical (unpaired) electrons. The van der Waals surface area contributed by atoms with Gasteiger partial charge in [-0.3, -0.25) is 15.0 Å². The first-order chi connectivity index (χ1) is 22.3. The molecule has 1 aliphatic rings. The van der Waals surface area contributed by atoms with Gasteiger partial charge in [0.1, 0.15) is 0 Å². The van der Waals surface area contributed by atoms with E-state index in [-0.39, 0.29) is 0 Å². The molecule has 0 saturated carbocycles. The van der Waals surface area contributed by atoms with Crippen molar-refractivity contribution in [3.63, 3.8) is 0 Å². The fourth-order valence-corrected chi connectivity index (χ4v) is 7.41. The van der Waals surface area contributed by atoms with Crippen molar-refractivity contribution in [3.05, 3.63) is 139 Å². The summed E-state index contributed by atoms with van der Waals surface area (Å²) >= 11 is 0. The van der Waals surface area contributed by atoms with Crippen LogP contribution in [0.5, 0.6) is 0 Å². The van der Waals surface area contributed by atoms with Crippen LogP contribution in [0, 0.1) is 0 Å². The van der Waals surface area contributed by atoms with Crippen LogP contribution >= 0.6 is 0 Å². The minimum absolute atomic E-state index is 0.982. The van der Waals surface area contributed by atoms with Crippen molar-refractivity contribution in [1.29, 1.82) is 0 Å². The van der Waals surface area contributed by atoms with Gasteiger partial charge in [0.2, 0.25) is 0 Å². The van der Waals surface area contributed by atoms with Crippen molar-refractivity contribution < 1.29 is 0 Å². The number of benzene rings is 3. The first kappa shape index (κ1) is 24.4. The normalized spacial score (nSPS) is 13.1. The summed E-state index contributed by atoms with van der Waals surface area (Å²) in [5.41, 5.74) is 14.3. The topological polar surface area (TPSA) is 53.5 Å². The second kappa shape index (κ2) is 9.24. The maximum atomic E-state index is 4.87. The standard InChI is InChI=1S/C39H26N6/c1-4-13-31-28(10-1)37-34(16-7-19-40-37)43(31)25-22-26(44-32-14-5-2-11-29(32)38-35(44)17-8-20-41-38)24-27(23-25)45-33-15-6-3-12-30(33)39-36(45)18-9-21-42-39/h1-2,4-11,13-24H,3,12H2. The summed E-state index contributed by atoms with van der Waals surface area (Å²) in [5, 5.41) is 2.27. The Bertz CT molecular complexity index is 2430. The van der Waals surface area contributed by atoms with Gasteiger partial charge >= 0.3 is 0 Å². The number of fused-ring (bicyclic) bond motifs is 9. The summed E-state index contributed by atoms with van der Waals surface area (Å²) in [5.74, 6) is 0. The van der Waals surface area contributed by atoms with E-state index in [9.17, 15) is 0 Å². The third-order valence-corrected chi connectivity index (χ3v) is 9.22. The zero-order valence-corrected chi connectivity index (χ0v) is 24.3. The summed E-state index contributed by atoms with van der Waals surface area (Å²) in [6.45, 7) is 0. The highest BCUT2D eigenvalue weighted by molar-refractivity contribution is 6.08. The van der Waals surface area contributed by atoms with Crippen LogP contribution in [0.2, 0.25) is 0 Å². The molecule has 0 spiro atoms. The van der Waals surface area contributed by atoms with E-state index in [0.29, 0.717) is 0 Å². The van der Waals surface area contributed by atoms with Crippen LogP contribution in [0.1, 0.15) is 17.7 Å². The van der Waals surface area contributed by atoms with Gasteiger partial charge in [0.25, 0.3) is 0 Å². The van der Waals surface area contributed by atoms with Crippen molar-refractivity contribution in [3.8, 4) is 17.1 Å². The fourth-order valence-electron chi connectivity index (χ4n) is 7.41. The second-order valence-corrected chi connectivity index (χ2v) is 11.7. The van der Waals surface area contributed by atoms with E-state index in [1.54, 1.807) is 0 Å². The third kappa shape index (κ3) is 3.42. The van der Waals surface area contributed by atoms with Gasteiger partial charge in [0.15, 0.2) is 0 Å². The van der Waals surface area contributed by atoms with Gasteiger partial charge in [-0.25, -0.2) is 0 Å². The first-order valence-electron chi connectivity index (χ1n) is 15.3. The molecule has 6 nitrogen and oxygen atoms in total. The monoisotopic (exact) mass is 578 g/mol. The minimum atomic E-state index is 0.982. The number of hydrogen-bond acceptors (Lipinski definition) is 3. The molecule has 0 fully saturated rings. The smallest absolute Gasteiger partial charge is 0.0963 e. The Kier molecular flexibility index (Phi) is 5.02. The lowest BCUT2D eigenvalue weighted by atomic mass is 10.0. The number of aryl methyl sites for hydroxylation is 1. The largest absolute Gasteiger partial charge is 0.308 e. The molecule has 0 unspecified atom stereocenters. The number of pyridine rings is 3. The zero-order chi connectivity index (χ0) is 29.5. The number of nitrogens with zero attached hydrogens (tertiary/aromatic N) is 6. The molecule has 0 N–H and O–H groups in total. The Morgan fingerprint density at radius 1 is 0.467 bits per heavy atom. The van der Waals surface area contributed by atoms with Gasteiger partial charge in [0, 0.05) is 34.9 Å². The lowest BCUT2D eigenvalue weighted by Crippen LogP contribution is -2.05. The minimum Gasteiger partial charge on any atom is -0.308 e. The molecule has 212 valence electrons. The number of para-hydroxylation sites is 2. The van der Waals surface area contributed by atoms with Crippen molar-refractivity contribution >= 4 is 61.0 Å². The molecule has 0 saturated heterocycles. The first-order valence-corrected chi connectivity index (χ1v) is 15.3. The average molecular weight is 579 g/mol. The van der Waals surface area contributed by atoms with Crippen molar-refractivity contribution in [2.45, 2.75) is 12.8 Å². The molecule has 3 aromatic carbocycles. The summed E-state index contributed by atoms with van der Waals surface area (Å²) < 4.78 is 7.09. The van der Waals surface area contributed by atoms with Crippen LogP contribution in [0.15, 0.2) is 128 Å². The maximum Gasteiger partial charge on any atom is 0.0963 e. The molecule has 0 bridgehead atoms. The van der Waals surface area contributed by atoms with Gasteiger partial charge < -0.3 is 13.7 Å². The van der Waals surface area contributed by atoms with Crippen molar-refractivity contribution in [2.75, 3.05) is 0 Å². The van der Waals surface area contributed by atoms with Gasteiger partial charge in [-0.05, 0) is 85.6 Å². The van der Waals surface area contributed by atoms with E-state index in [4.69, 9.17) is 15.0 Å². The lowest BCUT2D eigenvalue weighted by Gasteiger charge is -2.18. The maximum absolute atomic E-state index is 4.87. The Hall–Kier alpha value is -6.01. The molecule has 6 heterocycles. The van der Waals surface area contributed by atoms with E-state index >= 15 is 0 Å².